The lowest BCUT2D eigenvalue weighted by Gasteiger charge is -2.03. The number of fused-ring (bicyclic) bond motifs is 3. The number of aromatic nitrogens is 2. The third-order valence-electron chi connectivity index (χ3n) is 4.49. The van der Waals surface area contributed by atoms with E-state index in [-0.39, 0.29) is 0 Å². The second-order valence-corrected chi connectivity index (χ2v) is 7.40. The topological polar surface area (TPSA) is 34.9 Å². The molecule has 0 aliphatic carbocycles. The molecule has 25 heavy (non-hydrogen) atoms. The minimum absolute atomic E-state index is 0.881. The maximum atomic E-state index is 12.8. The fourth-order valence-electron chi connectivity index (χ4n) is 3.24. The summed E-state index contributed by atoms with van der Waals surface area (Å²) in [5.74, 6) is 0. The zero-order chi connectivity index (χ0) is 16.8. The van der Waals surface area contributed by atoms with Crippen molar-refractivity contribution >= 4 is 10.8 Å². The summed E-state index contributed by atoms with van der Waals surface area (Å²) in [5.41, 5.74) is 5.20. The predicted molar refractivity (Wildman–Crippen MR) is 99.1 cm³/mol. The molecule has 4 aromatic rings. The van der Waals surface area contributed by atoms with E-state index in [0.29, 0.717) is 0 Å². The molecule has 2 heterocycles. The molecule has 1 aliphatic rings. The van der Waals surface area contributed by atoms with Crippen LogP contribution in [-0.4, -0.2) is 14.0 Å². The van der Waals surface area contributed by atoms with Gasteiger partial charge >= 0.3 is 0 Å². The summed E-state index contributed by atoms with van der Waals surface area (Å²) < 4.78 is 14.6. The van der Waals surface area contributed by atoms with Crippen molar-refractivity contribution in [2.75, 3.05) is 0 Å². The van der Waals surface area contributed by atoms with Crippen LogP contribution >= 0.6 is 0 Å². The Labute approximate surface area is 148 Å². The fraction of sp³-hybridized carbons (Fsp3) is 0. The van der Waals surface area contributed by atoms with Gasteiger partial charge in [0.1, 0.15) is 0 Å². The highest BCUT2D eigenvalue weighted by Crippen LogP contribution is 2.42. The molecule has 4 heteroatoms. The number of hydrogen-bond acceptors (Lipinski definition) is 2. The number of nitrogens with zero attached hydrogens (tertiary/aromatic N) is 2. The molecule has 0 saturated heterocycles. The third-order valence-corrected chi connectivity index (χ3v) is 5.99. The Morgan fingerprint density at radius 1 is 0.760 bits per heavy atom. The van der Waals surface area contributed by atoms with Crippen LogP contribution in [0, 0.1) is 0 Å². The van der Waals surface area contributed by atoms with E-state index >= 15 is 0 Å². The highest BCUT2D eigenvalue weighted by atomic mass is 32.2. The molecule has 1 unspecified atom stereocenters. The van der Waals surface area contributed by atoms with Crippen molar-refractivity contribution in [3.05, 3.63) is 85.2 Å². The Balaban J connectivity index is 1.58. The zero-order valence-corrected chi connectivity index (χ0v) is 14.1. The van der Waals surface area contributed by atoms with E-state index in [1.165, 1.54) is 0 Å². The van der Waals surface area contributed by atoms with Gasteiger partial charge in [-0.1, -0.05) is 48.5 Å². The molecule has 0 N–H and O–H groups in total. The molecule has 0 saturated carbocycles. The fourth-order valence-corrected chi connectivity index (χ4v) is 4.67. The summed E-state index contributed by atoms with van der Waals surface area (Å²) in [6.45, 7) is 0. The number of hydrogen-bond donors (Lipinski definition) is 0. The maximum Gasteiger partial charge on any atom is 0.0862 e. The smallest absolute Gasteiger partial charge is 0.0862 e. The average Bonchev–Trinajstić information content (AvgIpc) is 3.27. The minimum atomic E-state index is -1.11. The van der Waals surface area contributed by atoms with Crippen LogP contribution in [0.3, 0.4) is 0 Å². The summed E-state index contributed by atoms with van der Waals surface area (Å²) in [5, 5.41) is 4.46. The molecule has 120 valence electrons. The third kappa shape index (κ3) is 2.26. The van der Waals surface area contributed by atoms with Gasteiger partial charge in [-0.05, 0) is 41.0 Å². The normalized spacial score (nSPS) is 15.0. The van der Waals surface area contributed by atoms with Crippen molar-refractivity contribution in [3.8, 4) is 27.9 Å². The Hall–Kier alpha value is -2.98. The molecule has 0 fully saturated rings. The van der Waals surface area contributed by atoms with Crippen molar-refractivity contribution in [1.29, 1.82) is 0 Å². The first-order chi connectivity index (χ1) is 12.3. The molecule has 1 aromatic heterocycles. The Morgan fingerprint density at radius 2 is 1.52 bits per heavy atom. The van der Waals surface area contributed by atoms with Crippen LogP contribution in [0.15, 0.2) is 95.0 Å². The lowest BCUT2D eigenvalue weighted by atomic mass is 10.0. The molecule has 1 atom stereocenters. The van der Waals surface area contributed by atoms with Crippen LogP contribution in [-0.2, 0) is 10.8 Å². The van der Waals surface area contributed by atoms with Crippen molar-refractivity contribution in [3.63, 3.8) is 0 Å². The highest BCUT2D eigenvalue weighted by Gasteiger charge is 2.25. The highest BCUT2D eigenvalue weighted by molar-refractivity contribution is 7.85. The molecule has 0 bridgehead atoms. The number of rotatable bonds is 2. The molecule has 0 radical (unpaired) electrons. The Morgan fingerprint density at radius 3 is 2.40 bits per heavy atom. The standard InChI is InChI=1S/C21H14N2OS/c24-25-20-9-5-4-8-18(20)19-11-10-15(12-21(19)25)16-13-22-23(14-16)17-6-2-1-3-7-17/h1-14H. The average molecular weight is 342 g/mol. The second-order valence-electron chi connectivity index (χ2n) is 5.98. The first kappa shape index (κ1) is 14.4. The van der Waals surface area contributed by atoms with Crippen LogP contribution in [0.5, 0.6) is 0 Å². The predicted octanol–water partition coefficient (Wildman–Crippen LogP) is 4.69. The molecule has 5 rings (SSSR count). The van der Waals surface area contributed by atoms with Gasteiger partial charge in [0.2, 0.25) is 0 Å². The van der Waals surface area contributed by atoms with Crippen molar-refractivity contribution in [2.45, 2.75) is 9.79 Å². The Kier molecular flexibility index (Phi) is 3.18. The van der Waals surface area contributed by atoms with Gasteiger partial charge in [0, 0.05) is 11.8 Å². The van der Waals surface area contributed by atoms with Crippen molar-refractivity contribution in [2.24, 2.45) is 0 Å². The van der Waals surface area contributed by atoms with E-state index in [1.807, 2.05) is 77.7 Å². The summed E-state index contributed by atoms with van der Waals surface area (Å²) >= 11 is 0. The van der Waals surface area contributed by atoms with Gasteiger partial charge < -0.3 is 0 Å². The van der Waals surface area contributed by atoms with Crippen LogP contribution < -0.4 is 0 Å². The van der Waals surface area contributed by atoms with Crippen molar-refractivity contribution < 1.29 is 4.21 Å². The van der Waals surface area contributed by atoms with Crippen LogP contribution in [0.4, 0.5) is 0 Å². The molecular formula is C21H14N2OS. The van der Waals surface area contributed by atoms with Crippen LogP contribution in [0.25, 0.3) is 27.9 Å². The maximum absolute atomic E-state index is 12.8. The van der Waals surface area contributed by atoms with E-state index in [0.717, 1.165) is 37.7 Å². The van der Waals surface area contributed by atoms with Gasteiger partial charge in [-0.25, -0.2) is 8.89 Å². The SMILES string of the molecule is O=S1c2ccccc2-c2ccc(-c3cnn(-c4ccccc4)c3)cc21. The van der Waals surface area contributed by atoms with Crippen molar-refractivity contribution in [1.82, 2.24) is 9.78 Å². The van der Waals surface area contributed by atoms with Crippen LogP contribution in [0.1, 0.15) is 0 Å². The zero-order valence-electron chi connectivity index (χ0n) is 13.3. The Bertz CT molecular complexity index is 1120. The van der Waals surface area contributed by atoms with E-state index in [2.05, 4.69) is 17.2 Å². The molecule has 3 aromatic carbocycles. The first-order valence-electron chi connectivity index (χ1n) is 8.07. The lowest BCUT2D eigenvalue weighted by molar-refractivity contribution is 0.685. The number of para-hydroxylation sites is 1. The molecule has 0 amide bonds. The monoisotopic (exact) mass is 342 g/mol. The minimum Gasteiger partial charge on any atom is -0.249 e. The summed E-state index contributed by atoms with van der Waals surface area (Å²) in [6, 6.07) is 24.1. The van der Waals surface area contributed by atoms with Gasteiger partial charge in [-0.15, -0.1) is 0 Å². The van der Waals surface area contributed by atoms with E-state index in [9.17, 15) is 4.21 Å². The van der Waals surface area contributed by atoms with E-state index in [4.69, 9.17) is 0 Å². The quantitative estimate of drug-likeness (QED) is 0.467. The molecular weight excluding hydrogens is 328 g/mol. The van der Waals surface area contributed by atoms with E-state index in [1.54, 1.807) is 0 Å². The summed E-state index contributed by atoms with van der Waals surface area (Å²) in [6.07, 6.45) is 3.85. The number of benzene rings is 3. The van der Waals surface area contributed by atoms with E-state index < -0.39 is 10.8 Å². The molecule has 1 aliphatic heterocycles. The van der Waals surface area contributed by atoms with Crippen LogP contribution in [0.2, 0.25) is 0 Å². The second kappa shape index (κ2) is 5.53. The van der Waals surface area contributed by atoms with Gasteiger partial charge in [-0.2, -0.15) is 5.10 Å². The summed E-state index contributed by atoms with van der Waals surface area (Å²) in [4.78, 5) is 1.78. The van der Waals surface area contributed by atoms with Gasteiger partial charge in [-0.3, -0.25) is 0 Å². The molecule has 0 spiro atoms. The van der Waals surface area contributed by atoms with Gasteiger partial charge in [0.15, 0.2) is 0 Å². The van der Waals surface area contributed by atoms with Gasteiger partial charge in [0.05, 0.1) is 32.5 Å². The largest absolute Gasteiger partial charge is 0.249 e. The lowest BCUT2D eigenvalue weighted by Crippen LogP contribution is -1.92. The first-order valence-corrected chi connectivity index (χ1v) is 9.22. The molecule has 3 nitrogen and oxygen atoms in total. The summed E-state index contributed by atoms with van der Waals surface area (Å²) in [7, 11) is -1.11. The van der Waals surface area contributed by atoms with Gasteiger partial charge in [0.25, 0.3) is 0 Å².